The van der Waals surface area contributed by atoms with Crippen molar-refractivity contribution in [3.05, 3.63) is 77.9 Å². The largest absolute Gasteiger partial charge is 0.248 e. The van der Waals surface area contributed by atoms with E-state index < -0.39 is 0 Å². The summed E-state index contributed by atoms with van der Waals surface area (Å²) in [5, 5.41) is 5.61. The van der Waals surface area contributed by atoms with E-state index in [4.69, 9.17) is 4.98 Å². The van der Waals surface area contributed by atoms with Gasteiger partial charge in [-0.3, -0.25) is 0 Å². The van der Waals surface area contributed by atoms with Crippen LogP contribution in [-0.2, 0) is 0 Å². The van der Waals surface area contributed by atoms with E-state index in [2.05, 4.69) is 24.2 Å². The van der Waals surface area contributed by atoms with E-state index in [1.54, 1.807) is 16.8 Å². The van der Waals surface area contributed by atoms with Crippen molar-refractivity contribution in [1.29, 1.82) is 0 Å². The van der Waals surface area contributed by atoms with E-state index in [0.717, 1.165) is 33.5 Å². The minimum absolute atomic E-state index is 0.254. The van der Waals surface area contributed by atoms with Gasteiger partial charge in [0, 0.05) is 10.9 Å². The zero-order chi connectivity index (χ0) is 16.7. The number of pyridine rings is 1. The molecular formula is C20H16FN3. The average Bonchev–Trinajstić information content (AvgIpc) is 2.97. The van der Waals surface area contributed by atoms with Gasteiger partial charge in [-0.05, 0) is 55.8 Å². The highest BCUT2D eigenvalue weighted by molar-refractivity contribution is 5.85. The van der Waals surface area contributed by atoms with Crippen molar-refractivity contribution in [3.63, 3.8) is 0 Å². The smallest absolute Gasteiger partial charge is 0.123 e. The van der Waals surface area contributed by atoms with Crippen molar-refractivity contribution in [1.82, 2.24) is 14.8 Å². The molecule has 0 amide bonds. The lowest BCUT2D eigenvalue weighted by Gasteiger charge is -2.08. The minimum atomic E-state index is -0.254. The van der Waals surface area contributed by atoms with Crippen molar-refractivity contribution in [2.75, 3.05) is 0 Å². The summed E-state index contributed by atoms with van der Waals surface area (Å²) in [5.74, 6) is -0.254. The summed E-state index contributed by atoms with van der Waals surface area (Å²) in [6.07, 6.45) is 1.81. The first-order valence-corrected chi connectivity index (χ1v) is 7.81. The van der Waals surface area contributed by atoms with Crippen LogP contribution in [0.1, 0.15) is 11.3 Å². The van der Waals surface area contributed by atoms with Crippen molar-refractivity contribution >= 4 is 10.9 Å². The molecule has 0 spiro atoms. The Morgan fingerprint density at radius 3 is 2.50 bits per heavy atom. The highest BCUT2D eigenvalue weighted by Crippen LogP contribution is 2.27. The van der Waals surface area contributed by atoms with Gasteiger partial charge in [-0.1, -0.05) is 18.2 Å². The predicted octanol–water partition coefficient (Wildman–Crippen LogP) is 4.84. The number of benzene rings is 2. The van der Waals surface area contributed by atoms with Crippen LogP contribution in [0.15, 0.2) is 60.8 Å². The summed E-state index contributed by atoms with van der Waals surface area (Å²) in [6, 6.07) is 16.5. The fraction of sp³-hybridized carbons (Fsp3) is 0.100. The Bertz CT molecular complexity index is 1030. The first kappa shape index (κ1) is 14.6. The molecule has 0 N–H and O–H groups in total. The number of hydrogen-bond acceptors (Lipinski definition) is 2. The molecule has 2 heterocycles. The normalized spacial score (nSPS) is 11.1. The van der Waals surface area contributed by atoms with Gasteiger partial charge < -0.3 is 0 Å². The van der Waals surface area contributed by atoms with Gasteiger partial charge in [-0.25, -0.2) is 14.1 Å². The van der Waals surface area contributed by atoms with Crippen LogP contribution in [0.5, 0.6) is 0 Å². The van der Waals surface area contributed by atoms with E-state index in [9.17, 15) is 4.39 Å². The van der Waals surface area contributed by atoms with Crippen LogP contribution in [0.4, 0.5) is 4.39 Å². The quantitative estimate of drug-likeness (QED) is 0.529. The van der Waals surface area contributed by atoms with Gasteiger partial charge in [0.25, 0.3) is 0 Å². The van der Waals surface area contributed by atoms with Crippen molar-refractivity contribution < 1.29 is 4.39 Å². The second kappa shape index (κ2) is 5.57. The van der Waals surface area contributed by atoms with E-state index in [1.165, 1.54) is 17.7 Å². The van der Waals surface area contributed by atoms with Gasteiger partial charge in [0.2, 0.25) is 0 Å². The second-order valence-corrected chi connectivity index (χ2v) is 5.87. The van der Waals surface area contributed by atoms with Gasteiger partial charge in [0.05, 0.1) is 28.8 Å². The van der Waals surface area contributed by atoms with Crippen LogP contribution in [0.25, 0.3) is 27.8 Å². The summed E-state index contributed by atoms with van der Waals surface area (Å²) in [4.78, 5) is 4.77. The Balaban J connectivity index is 1.85. The third-order valence-electron chi connectivity index (χ3n) is 4.28. The molecule has 0 unspecified atom stereocenters. The molecular weight excluding hydrogens is 301 g/mol. The minimum Gasteiger partial charge on any atom is -0.248 e. The summed E-state index contributed by atoms with van der Waals surface area (Å²) >= 11 is 0. The van der Waals surface area contributed by atoms with Crippen LogP contribution in [0.3, 0.4) is 0 Å². The second-order valence-electron chi connectivity index (χ2n) is 5.87. The molecule has 0 bridgehead atoms. The van der Waals surface area contributed by atoms with Crippen LogP contribution < -0.4 is 0 Å². The Hall–Kier alpha value is -3.01. The molecule has 4 heteroatoms. The van der Waals surface area contributed by atoms with E-state index in [-0.39, 0.29) is 5.82 Å². The summed E-state index contributed by atoms with van der Waals surface area (Å²) < 4.78 is 14.9. The standard InChI is InChI=1S/C20H16FN3/c1-13-11-20(23-19-6-4-3-5-17(13)19)18-12-22-24(14(18)2)16-9-7-15(21)8-10-16/h3-12H,1-2H3. The fourth-order valence-corrected chi connectivity index (χ4v) is 2.99. The molecule has 0 aliphatic carbocycles. The number of fused-ring (bicyclic) bond motifs is 1. The maximum Gasteiger partial charge on any atom is 0.123 e. The van der Waals surface area contributed by atoms with Gasteiger partial charge in [0.1, 0.15) is 5.82 Å². The number of aryl methyl sites for hydroxylation is 1. The van der Waals surface area contributed by atoms with Crippen molar-refractivity contribution in [2.24, 2.45) is 0 Å². The van der Waals surface area contributed by atoms with Crippen molar-refractivity contribution in [2.45, 2.75) is 13.8 Å². The molecule has 0 aliphatic heterocycles. The molecule has 0 aliphatic rings. The maximum atomic E-state index is 13.1. The van der Waals surface area contributed by atoms with Gasteiger partial charge in [-0.15, -0.1) is 0 Å². The Morgan fingerprint density at radius 2 is 1.71 bits per heavy atom. The van der Waals surface area contributed by atoms with Crippen molar-refractivity contribution in [3.8, 4) is 16.9 Å². The molecule has 0 fully saturated rings. The third-order valence-corrected chi connectivity index (χ3v) is 4.28. The number of nitrogens with zero attached hydrogens (tertiary/aromatic N) is 3. The SMILES string of the molecule is Cc1cc(-c2cnn(-c3ccc(F)cc3)c2C)nc2ccccc12. The molecule has 4 rings (SSSR count). The number of aromatic nitrogens is 3. The summed E-state index contributed by atoms with van der Waals surface area (Å²) in [7, 11) is 0. The molecule has 24 heavy (non-hydrogen) atoms. The summed E-state index contributed by atoms with van der Waals surface area (Å²) in [6.45, 7) is 4.09. The maximum absolute atomic E-state index is 13.1. The van der Waals surface area contributed by atoms with E-state index >= 15 is 0 Å². The van der Waals surface area contributed by atoms with E-state index in [0.29, 0.717) is 0 Å². The molecule has 118 valence electrons. The predicted molar refractivity (Wildman–Crippen MR) is 93.7 cm³/mol. The van der Waals surface area contributed by atoms with Crippen LogP contribution in [0.2, 0.25) is 0 Å². The van der Waals surface area contributed by atoms with Crippen LogP contribution in [0, 0.1) is 19.7 Å². The Labute approximate surface area is 139 Å². The molecule has 2 aromatic carbocycles. The molecule has 0 radical (unpaired) electrons. The van der Waals surface area contributed by atoms with Crippen LogP contribution >= 0.6 is 0 Å². The molecule has 4 aromatic rings. The Kier molecular flexibility index (Phi) is 3.38. The molecule has 0 saturated carbocycles. The zero-order valence-corrected chi connectivity index (χ0v) is 13.5. The molecule has 2 aromatic heterocycles. The first-order valence-electron chi connectivity index (χ1n) is 7.81. The molecule has 3 nitrogen and oxygen atoms in total. The number of hydrogen-bond donors (Lipinski definition) is 0. The number of para-hydroxylation sites is 1. The third kappa shape index (κ3) is 2.36. The topological polar surface area (TPSA) is 30.7 Å². The molecule has 0 atom stereocenters. The highest BCUT2D eigenvalue weighted by atomic mass is 19.1. The van der Waals surface area contributed by atoms with E-state index in [1.807, 2.05) is 31.3 Å². The van der Waals surface area contributed by atoms with Gasteiger partial charge >= 0.3 is 0 Å². The van der Waals surface area contributed by atoms with Gasteiger partial charge in [-0.2, -0.15) is 5.10 Å². The fourth-order valence-electron chi connectivity index (χ4n) is 2.99. The monoisotopic (exact) mass is 317 g/mol. The lowest BCUT2D eigenvalue weighted by atomic mass is 10.1. The number of halogens is 1. The lowest BCUT2D eigenvalue weighted by Crippen LogP contribution is -1.99. The molecule has 0 saturated heterocycles. The number of rotatable bonds is 2. The highest BCUT2D eigenvalue weighted by Gasteiger charge is 2.13. The van der Waals surface area contributed by atoms with Crippen LogP contribution in [-0.4, -0.2) is 14.8 Å². The Morgan fingerprint density at radius 1 is 0.958 bits per heavy atom. The van der Waals surface area contributed by atoms with Gasteiger partial charge in [0.15, 0.2) is 0 Å². The zero-order valence-electron chi connectivity index (χ0n) is 13.5. The summed E-state index contributed by atoms with van der Waals surface area (Å²) in [5.41, 5.74) is 5.85. The average molecular weight is 317 g/mol. The first-order chi connectivity index (χ1) is 11.6. The lowest BCUT2D eigenvalue weighted by molar-refractivity contribution is 0.627.